The van der Waals surface area contributed by atoms with E-state index in [9.17, 15) is 8.42 Å². The topological polar surface area (TPSA) is 68.1 Å². The molecule has 16 heavy (non-hydrogen) atoms. The minimum absolute atomic E-state index is 0.266. The smallest absolute Gasteiger partial charge is 0.299 e. The van der Waals surface area contributed by atoms with Crippen molar-refractivity contribution in [3.05, 3.63) is 12.2 Å². The fraction of sp³-hybridized carbons (Fsp3) is 0.750. The Kier molecular flexibility index (Phi) is 3.18. The maximum Gasteiger partial charge on any atom is 0.299 e. The monoisotopic (exact) mass is 264 g/mol. The molecule has 0 amide bonds. The van der Waals surface area contributed by atoms with Crippen LogP contribution in [0.5, 0.6) is 0 Å². The summed E-state index contributed by atoms with van der Waals surface area (Å²) in [6.07, 6.45) is 3.12. The van der Waals surface area contributed by atoms with Crippen molar-refractivity contribution in [3.8, 4) is 0 Å². The summed E-state index contributed by atoms with van der Waals surface area (Å²) in [5.41, 5.74) is 0. The first-order valence-corrected chi connectivity index (χ1v) is 7.28. The maximum atomic E-state index is 11.1. The molecule has 1 aliphatic heterocycles. The minimum atomic E-state index is -3.57. The number of halogens is 1. The molecular formula is C8H13ClN4O2S. The van der Waals surface area contributed by atoms with Crippen molar-refractivity contribution in [3.63, 3.8) is 0 Å². The lowest BCUT2D eigenvalue weighted by atomic mass is 9.97. The largest absolute Gasteiger partial charge is 0.320 e. The van der Waals surface area contributed by atoms with Crippen molar-refractivity contribution in [2.75, 3.05) is 13.1 Å². The molecule has 2 heterocycles. The molecule has 90 valence electrons. The molecule has 1 aliphatic rings. The zero-order valence-electron chi connectivity index (χ0n) is 8.87. The van der Waals surface area contributed by atoms with Crippen molar-refractivity contribution in [2.45, 2.75) is 18.8 Å². The summed E-state index contributed by atoms with van der Waals surface area (Å²) in [5, 5.41) is 7.86. The Balaban J connectivity index is 2.04. The number of piperidine rings is 1. The molecule has 0 unspecified atom stereocenters. The number of rotatable bonds is 2. The third-order valence-electron chi connectivity index (χ3n) is 2.87. The van der Waals surface area contributed by atoms with Crippen LogP contribution in [0, 0.1) is 0 Å². The van der Waals surface area contributed by atoms with Gasteiger partial charge in [0.05, 0.1) is 0 Å². The highest BCUT2D eigenvalue weighted by Crippen LogP contribution is 2.27. The highest BCUT2D eigenvalue weighted by atomic mass is 35.7. The van der Waals surface area contributed by atoms with Crippen molar-refractivity contribution >= 4 is 19.9 Å². The van der Waals surface area contributed by atoms with Gasteiger partial charge < -0.3 is 4.57 Å². The van der Waals surface area contributed by atoms with Crippen LogP contribution in [0.2, 0.25) is 0 Å². The van der Waals surface area contributed by atoms with E-state index in [-0.39, 0.29) is 5.92 Å². The lowest BCUT2D eigenvalue weighted by Crippen LogP contribution is -2.35. The summed E-state index contributed by atoms with van der Waals surface area (Å²) in [6, 6.07) is 0. The van der Waals surface area contributed by atoms with Gasteiger partial charge in [0.1, 0.15) is 12.2 Å². The van der Waals surface area contributed by atoms with Gasteiger partial charge in [-0.05, 0) is 12.8 Å². The summed E-state index contributed by atoms with van der Waals surface area (Å²) in [4.78, 5) is 0. The van der Waals surface area contributed by atoms with Crippen LogP contribution in [-0.2, 0) is 16.3 Å². The predicted octanol–water partition coefficient (Wildman–Crippen LogP) is 0.478. The third-order valence-corrected chi connectivity index (χ3v) is 4.44. The molecular weight excluding hydrogens is 252 g/mol. The van der Waals surface area contributed by atoms with E-state index in [4.69, 9.17) is 10.7 Å². The van der Waals surface area contributed by atoms with Crippen LogP contribution in [0.25, 0.3) is 0 Å². The van der Waals surface area contributed by atoms with Crippen molar-refractivity contribution in [2.24, 2.45) is 7.05 Å². The molecule has 0 atom stereocenters. The quantitative estimate of drug-likeness (QED) is 0.729. The Hall–Kier alpha value is -0.660. The minimum Gasteiger partial charge on any atom is -0.320 e. The second-order valence-corrected chi connectivity index (χ2v) is 6.43. The average molecular weight is 265 g/mol. The second kappa shape index (κ2) is 4.31. The molecule has 0 aliphatic carbocycles. The number of nitrogens with zero attached hydrogens (tertiary/aromatic N) is 4. The molecule has 0 aromatic carbocycles. The molecule has 0 N–H and O–H groups in total. The van der Waals surface area contributed by atoms with Gasteiger partial charge in [0.2, 0.25) is 0 Å². The SMILES string of the molecule is Cn1cnnc1C1CCN(S(=O)(=O)Cl)CC1. The molecule has 0 spiro atoms. The first-order chi connectivity index (χ1) is 7.48. The van der Waals surface area contributed by atoms with Gasteiger partial charge in [-0.2, -0.15) is 12.7 Å². The van der Waals surface area contributed by atoms with Crippen LogP contribution in [0.3, 0.4) is 0 Å². The molecule has 0 radical (unpaired) electrons. The lowest BCUT2D eigenvalue weighted by molar-refractivity contribution is 0.315. The van der Waals surface area contributed by atoms with Gasteiger partial charge in [0.25, 0.3) is 9.24 Å². The number of aromatic nitrogens is 3. The molecule has 8 heteroatoms. The van der Waals surface area contributed by atoms with Crippen molar-refractivity contribution in [1.82, 2.24) is 19.1 Å². The standard InChI is InChI=1S/C8H13ClN4O2S/c1-12-6-10-11-8(12)7-2-4-13(5-3-7)16(9,14)15/h6-7H,2-5H2,1H3. The third kappa shape index (κ3) is 2.36. The van der Waals surface area contributed by atoms with Crippen LogP contribution >= 0.6 is 10.7 Å². The van der Waals surface area contributed by atoms with Crippen molar-refractivity contribution in [1.29, 1.82) is 0 Å². The zero-order chi connectivity index (χ0) is 11.8. The Morgan fingerprint density at radius 3 is 2.50 bits per heavy atom. The van der Waals surface area contributed by atoms with Crippen molar-refractivity contribution < 1.29 is 8.42 Å². The normalized spacial score (nSPS) is 20.1. The van der Waals surface area contributed by atoms with Crippen LogP contribution in [-0.4, -0.2) is 40.6 Å². The second-order valence-electron chi connectivity index (χ2n) is 3.92. The van der Waals surface area contributed by atoms with Gasteiger partial charge >= 0.3 is 0 Å². The molecule has 0 bridgehead atoms. The lowest BCUT2D eigenvalue weighted by Gasteiger charge is -2.28. The molecule has 2 rings (SSSR count). The molecule has 1 aromatic heterocycles. The van der Waals surface area contributed by atoms with Gasteiger partial charge in [-0.15, -0.1) is 10.2 Å². The Morgan fingerprint density at radius 2 is 2.06 bits per heavy atom. The van der Waals surface area contributed by atoms with Gasteiger partial charge in [0.15, 0.2) is 0 Å². The van der Waals surface area contributed by atoms with E-state index in [1.807, 2.05) is 11.6 Å². The van der Waals surface area contributed by atoms with E-state index in [1.54, 1.807) is 6.33 Å². The van der Waals surface area contributed by atoms with Crippen LogP contribution in [0.4, 0.5) is 0 Å². The molecule has 1 saturated heterocycles. The summed E-state index contributed by atoms with van der Waals surface area (Å²) < 4.78 is 25.4. The highest BCUT2D eigenvalue weighted by Gasteiger charge is 2.28. The molecule has 0 saturated carbocycles. The first-order valence-electron chi connectivity index (χ1n) is 5.02. The summed E-state index contributed by atoms with van der Waals surface area (Å²) >= 11 is 0. The van der Waals surface area contributed by atoms with Gasteiger partial charge in [0, 0.05) is 36.7 Å². The Labute approximate surface area is 98.8 Å². The summed E-state index contributed by atoms with van der Waals surface area (Å²) in [7, 11) is 3.60. The molecule has 6 nitrogen and oxygen atoms in total. The maximum absolute atomic E-state index is 11.1. The Morgan fingerprint density at radius 1 is 1.44 bits per heavy atom. The first kappa shape index (κ1) is 11.8. The number of aryl methyl sites for hydroxylation is 1. The Bertz CT molecular complexity index is 464. The van der Waals surface area contributed by atoms with Gasteiger partial charge in [-0.25, -0.2) is 0 Å². The average Bonchev–Trinajstić information content (AvgIpc) is 2.63. The van der Waals surface area contributed by atoms with E-state index >= 15 is 0 Å². The van der Waals surface area contributed by atoms with E-state index < -0.39 is 9.24 Å². The van der Waals surface area contributed by atoms with E-state index in [0.717, 1.165) is 18.7 Å². The van der Waals surface area contributed by atoms with E-state index in [0.29, 0.717) is 13.1 Å². The zero-order valence-corrected chi connectivity index (χ0v) is 10.4. The van der Waals surface area contributed by atoms with Crippen LogP contribution < -0.4 is 0 Å². The van der Waals surface area contributed by atoms with E-state index in [1.165, 1.54) is 4.31 Å². The fourth-order valence-corrected chi connectivity index (χ4v) is 3.05. The molecule has 1 fully saturated rings. The van der Waals surface area contributed by atoms with Crippen LogP contribution in [0.15, 0.2) is 6.33 Å². The molecule has 1 aromatic rings. The fourth-order valence-electron chi connectivity index (χ4n) is 1.99. The highest BCUT2D eigenvalue weighted by molar-refractivity contribution is 8.11. The predicted molar refractivity (Wildman–Crippen MR) is 59.3 cm³/mol. The van der Waals surface area contributed by atoms with Gasteiger partial charge in [-0.1, -0.05) is 0 Å². The van der Waals surface area contributed by atoms with E-state index in [2.05, 4.69) is 10.2 Å². The van der Waals surface area contributed by atoms with Crippen LogP contribution in [0.1, 0.15) is 24.6 Å². The summed E-state index contributed by atoms with van der Waals surface area (Å²) in [5.74, 6) is 1.17. The number of hydrogen-bond acceptors (Lipinski definition) is 4. The van der Waals surface area contributed by atoms with Gasteiger partial charge in [-0.3, -0.25) is 0 Å². The number of hydrogen-bond donors (Lipinski definition) is 0. The summed E-state index contributed by atoms with van der Waals surface area (Å²) in [6.45, 7) is 0.896.